The second-order valence-corrected chi connectivity index (χ2v) is 8.67. The zero-order chi connectivity index (χ0) is 23.7. The number of nitrogens with two attached hydrogens (primary N) is 1. The van der Waals surface area contributed by atoms with Gasteiger partial charge in [-0.15, -0.1) is 0 Å². The topological polar surface area (TPSA) is 131 Å². The third-order valence-corrected chi connectivity index (χ3v) is 5.69. The Hall–Kier alpha value is -3.76. The van der Waals surface area contributed by atoms with Crippen molar-refractivity contribution < 1.29 is 9.53 Å². The summed E-state index contributed by atoms with van der Waals surface area (Å²) < 4.78 is 8.10. The number of pyridine rings is 1. The highest BCUT2D eigenvalue weighted by Crippen LogP contribution is 2.28. The van der Waals surface area contributed by atoms with Crippen LogP contribution in [0.5, 0.6) is 5.75 Å². The van der Waals surface area contributed by atoms with E-state index in [1.54, 1.807) is 18.5 Å². The Bertz CT molecular complexity index is 1340. The molecule has 1 saturated heterocycles. The Morgan fingerprint density at radius 1 is 1.29 bits per heavy atom. The number of hydrogen-bond acceptors (Lipinski definition) is 8. The number of nitrogens with zero attached hydrogens (tertiary/aromatic N) is 4. The number of carbonyl (C=O) groups excluding carboxylic acids is 1. The lowest BCUT2D eigenvalue weighted by Crippen LogP contribution is -2.25. The van der Waals surface area contributed by atoms with E-state index >= 15 is 0 Å². The SMILES string of the molecule is Cc1cn2cc(NC(=O)c3ccc(NC[C@@H](C)N)c4nccnc34)cc(OC3CCNC3)c2n1. The maximum absolute atomic E-state index is 13.3. The van der Waals surface area contributed by atoms with Crippen LogP contribution in [0.15, 0.2) is 43.0 Å². The fourth-order valence-electron chi connectivity index (χ4n) is 4.11. The predicted molar refractivity (Wildman–Crippen MR) is 131 cm³/mol. The minimum Gasteiger partial charge on any atom is -0.485 e. The molecule has 5 N–H and O–H groups in total. The number of amides is 1. The summed E-state index contributed by atoms with van der Waals surface area (Å²) in [5.41, 5.74) is 10.4. The molecular weight excluding hydrogens is 432 g/mol. The lowest BCUT2D eigenvalue weighted by Gasteiger charge is -2.16. The number of nitrogens with one attached hydrogen (secondary N) is 3. The van der Waals surface area contributed by atoms with Crippen molar-refractivity contribution in [2.75, 3.05) is 30.3 Å². The molecule has 34 heavy (non-hydrogen) atoms. The Morgan fingerprint density at radius 2 is 2.12 bits per heavy atom. The van der Waals surface area contributed by atoms with Gasteiger partial charge in [0.05, 0.1) is 22.6 Å². The second kappa shape index (κ2) is 9.24. The molecule has 5 rings (SSSR count). The van der Waals surface area contributed by atoms with Gasteiger partial charge in [0.1, 0.15) is 17.1 Å². The van der Waals surface area contributed by atoms with Gasteiger partial charge in [-0.05, 0) is 38.9 Å². The van der Waals surface area contributed by atoms with Crippen molar-refractivity contribution in [2.45, 2.75) is 32.4 Å². The first-order valence-electron chi connectivity index (χ1n) is 11.4. The van der Waals surface area contributed by atoms with Crippen LogP contribution in [0.3, 0.4) is 0 Å². The van der Waals surface area contributed by atoms with Gasteiger partial charge in [-0.2, -0.15) is 0 Å². The molecule has 4 heterocycles. The molecule has 0 aliphatic carbocycles. The lowest BCUT2D eigenvalue weighted by molar-refractivity contribution is 0.102. The first-order valence-corrected chi connectivity index (χ1v) is 11.4. The quantitative estimate of drug-likeness (QED) is 0.330. The molecule has 1 fully saturated rings. The van der Waals surface area contributed by atoms with Crippen molar-refractivity contribution in [3.8, 4) is 5.75 Å². The van der Waals surface area contributed by atoms with Crippen LogP contribution in [-0.2, 0) is 0 Å². The number of fused-ring (bicyclic) bond motifs is 2. The number of aryl methyl sites for hydroxylation is 1. The van der Waals surface area contributed by atoms with Crippen molar-refractivity contribution in [3.63, 3.8) is 0 Å². The molecule has 1 amide bonds. The van der Waals surface area contributed by atoms with Crippen LogP contribution in [0.4, 0.5) is 11.4 Å². The number of benzene rings is 1. The Balaban J connectivity index is 1.46. The van der Waals surface area contributed by atoms with Gasteiger partial charge in [0.15, 0.2) is 11.4 Å². The number of ether oxygens (including phenoxy) is 1. The van der Waals surface area contributed by atoms with Crippen molar-refractivity contribution >= 4 is 34.0 Å². The monoisotopic (exact) mass is 460 g/mol. The molecule has 0 bridgehead atoms. The summed E-state index contributed by atoms with van der Waals surface area (Å²) in [5, 5.41) is 9.58. The van der Waals surface area contributed by atoms with E-state index in [2.05, 4.69) is 30.9 Å². The van der Waals surface area contributed by atoms with E-state index in [1.807, 2.05) is 42.8 Å². The summed E-state index contributed by atoms with van der Waals surface area (Å²) >= 11 is 0. The molecule has 2 atom stereocenters. The van der Waals surface area contributed by atoms with Gasteiger partial charge in [-0.1, -0.05) is 0 Å². The van der Waals surface area contributed by atoms with Crippen LogP contribution < -0.4 is 26.4 Å². The van der Waals surface area contributed by atoms with E-state index in [4.69, 9.17) is 10.5 Å². The van der Waals surface area contributed by atoms with Gasteiger partial charge in [-0.3, -0.25) is 14.8 Å². The summed E-state index contributed by atoms with van der Waals surface area (Å²) in [6.07, 6.45) is 7.93. The van der Waals surface area contributed by atoms with Crippen LogP contribution >= 0.6 is 0 Å². The smallest absolute Gasteiger partial charge is 0.257 e. The summed E-state index contributed by atoms with van der Waals surface area (Å²) in [7, 11) is 0. The fraction of sp³-hybridized carbons (Fsp3) is 0.333. The summed E-state index contributed by atoms with van der Waals surface area (Å²) in [6, 6.07) is 5.38. The molecular formula is C24H28N8O2. The van der Waals surface area contributed by atoms with Crippen LogP contribution in [0.2, 0.25) is 0 Å². The maximum atomic E-state index is 13.3. The third-order valence-electron chi connectivity index (χ3n) is 5.69. The van der Waals surface area contributed by atoms with Gasteiger partial charge in [0, 0.05) is 50.0 Å². The largest absolute Gasteiger partial charge is 0.485 e. The molecule has 4 aromatic rings. The third kappa shape index (κ3) is 4.50. The summed E-state index contributed by atoms with van der Waals surface area (Å²) in [4.78, 5) is 26.8. The second-order valence-electron chi connectivity index (χ2n) is 8.67. The van der Waals surface area contributed by atoms with Gasteiger partial charge >= 0.3 is 0 Å². The summed E-state index contributed by atoms with van der Waals surface area (Å²) in [6.45, 7) is 6.14. The number of rotatable bonds is 7. The van der Waals surface area contributed by atoms with Gasteiger partial charge in [0.25, 0.3) is 5.91 Å². The van der Waals surface area contributed by atoms with Crippen molar-refractivity contribution in [1.82, 2.24) is 24.7 Å². The average molecular weight is 461 g/mol. The molecule has 0 saturated carbocycles. The molecule has 10 nitrogen and oxygen atoms in total. The highest BCUT2D eigenvalue weighted by atomic mass is 16.5. The molecule has 1 aromatic carbocycles. The molecule has 176 valence electrons. The maximum Gasteiger partial charge on any atom is 0.257 e. The minimum atomic E-state index is -0.283. The van der Waals surface area contributed by atoms with E-state index < -0.39 is 0 Å². The Labute approximate surface area is 196 Å². The molecule has 0 spiro atoms. The lowest BCUT2D eigenvalue weighted by atomic mass is 10.1. The molecule has 1 aliphatic rings. The van der Waals surface area contributed by atoms with Crippen LogP contribution in [0.1, 0.15) is 29.4 Å². The molecule has 3 aromatic heterocycles. The van der Waals surface area contributed by atoms with Crippen LogP contribution in [0, 0.1) is 6.92 Å². The average Bonchev–Trinajstić information content (AvgIpc) is 3.46. The van der Waals surface area contributed by atoms with Crippen LogP contribution in [-0.4, -0.2) is 57.0 Å². The van der Waals surface area contributed by atoms with Crippen molar-refractivity contribution in [1.29, 1.82) is 0 Å². The summed E-state index contributed by atoms with van der Waals surface area (Å²) in [5.74, 6) is 0.355. The molecule has 0 radical (unpaired) electrons. The van der Waals surface area contributed by atoms with Gasteiger partial charge in [0.2, 0.25) is 0 Å². The molecule has 10 heteroatoms. The number of imidazole rings is 1. The molecule has 1 aliphatic heterocycles. The first kappa shape index (κ1) is 22.1. The highest BCUT2D eigenvalue weighted by molar-refractivity contribution is 6.13. The fourth-order valence-corrected chi connectivity index (χ4v) is 4.11. The van der Waals surface area contributed by atoms with Crippen molar-refractivity contribution in [2.24, 2.45) is 5.73 Å². The normalized spacial score (nSPS) is 16.6. The van der Waals surface area contributed by atoms with E-state index in [0.29, 0.717) is 34.6 Å². The highest BCUT2D eigenvalue weighted by Gasteiger charge is 2.20. The Kier molecular flexibility index (Phi) is 5.99. The predicted octanol–water partition coefficient (Wildman–Crippen LogP) is 2.34. The number of anilines is 2. The number of carbonyl (C=O) groups is 1. The van der Waals surface area contributed by atoms with Crippen LogP contribution in [0.25, 0.3) is 16.7 Å². The van der Waals surface area contributed by atoms with E-state index in [-0.39, 0.29) is 18.1 Å². The molecule has 1 unspecified atom stereocenters. The standard InChI is InChI=1S/C24H28N8O2/c1-14(25)10-29-19-4-3-18(21-22(19)28-8-7-27-21)24(33)31-16-9-20(34-17-5-6-26-11-17)23-30-15(2)12-32(23)13-16/h3-4,7-9,12-14,17,26,29H,5-6,10-11,25H2,1-2H3,(H,31,33)/t14-,17?/m1/s1. The zero-order valence-corrected chi connectivity index (χ0v) is 19.2. The van der Waals surface area contributed by atoms with Gasteiger partial charge in [-0.25, -0.2) is 4.98 Å². The number of hydrogen-bond donors (Lipinski definition) is 4. The number of aromatic nitrogens is 4. The van der Waals surface area contributed by atoms with E-state index in [0.717, 1.165) is 36.5 Å². The van der Waals surface area contributed by atoms with E-state index in [1.165, 1.54) is 0 Å². The zero-order valence-electron chi connectivity index (χ0n) is 19.2. The Morgan fingerprint density at radius 3 is 2.88 bits per heavy atom. The first-order chi connectivity index (χ1) is 16.5. The minimum absolute atomic E-state index is 0.0205. The van der Waals surface area contributed by atoms with Gasteiger partial charge < -0.3 is 30.8 Å². The van der Waals surface area contributed by atoms with E-state index in [9.17, 15) is 4.79 Å². The van der Waals surface area contributed by atoms with Crippen molar-refractivity contribution in [3.05, 3.63) is 54.2 Å².